The molecule has 5 nitrogen and oxygen atoms in total. The number of hydrogen-bond donors (Lipinski definition) is 0. The lowest BCUT2D eigenvalue weighted by atomic mass is 10.1. The molecule has 3 heterocycles. The van der Waals surface area contributed by atoms with Crippen molar-refractivity contribution in [2.45, 2.75) is 18.9 Å². The largest absolute Gasteiger partial charge is 0.471 e. The average Bonchev–Trinajstić information content (AvgIpc) is 3.07. The predicted octanol–water partition coefficient (Wildman–Crippen LogP) is 2.62. The SMILES string of the molecule is O=C(/C=C/c1cccs1)N1CCCC(Oc2cccnn2)C1. The van der Waals surface area contributed by atoms with E-state index in [0.29, 0.717) is 12.4 Å². The van der Waals surface area contributed by atoms with Gasteiger partial charge in [0.15, 0.2) is 0 Å². The Morgan fingerprint density at radius 1 is 1.41 bits per heavy atom. The van der Waals surface area contributed by atoms with E-state index >= 15 is 0 Å². The summed E-state index contributed by atoms with van der Waals surface area (Å²) in [7, 11) is 0. The maximum atomic E-state index is 12.3. The number of ether oxygens (including phenoxy) is 1. The van der Waals surface area contributed by atoms with Crippen LogP contribution in [-0.2, 0) is 4.79 Å². The molecule has 0 aliphatic carbocycles. The molecule has 1 fully saturated rings. The van der Waals surface area contributed by atoms with Crippen molar-refractivity contribution < 1.29 is 9.53 Å². The molecule has 0 aromatic carbocycles. The third kappa shape index (κ3) is 3.92. The Morgan fingerprint density at radius 3 is 3.14 bits per heavy atom. The van der Waals surface area contributed by atoms with E-state index in [1.165, 1.54) is 0 Å². The first-order valence-electron chi connectivity index (χ1n) is 7.26. The highest BCUT2D eigenvalue weighted by Gasteiger charge is 2.24. The molecule has 1 amide bonds. The number of amides is 1. The summed E-state index contributed by atoms with van der Waals surface area (Å²) in [5.74, 6) is 0.539. The van der Waals surface area contributed by atoms with E-state index < -0.39 is 0 Å². The Labute approximate surface area is 133 Å². The second kappa shape index (κ2) is 7.17. The molecule has 1 aliphatic rings. The molecule has 2 aromatic heterocycles. The monoisotopic (exact) mass is 315 g/mol. The minimum Gasteiger partial charge on any atom is -0.471 e. The lowest BCUT2D eigenvalue weighted by molar-refractivity contribution is -0.128. The van der Waals surface area contributed by atoms with Gasteiger partial charge in [0, 0.05) is 29.8 Å². The summed E-state index contributed by atoms with van der Waals surface area (Å²) in [5.41, 5.74) is 0. The summed E-state index contributed by atoms with van der Waals surface area (Å²) < 4.78 is 5.80. The molecule has 1 atom stereocenters. The first-order chi connectivity index (χ1) is 10.8. The normalized spacial score (nSPS) is 18.5. The number of carbonyl (C=O) groups is 1. The molecule has 1 aliphatic heterocycles. The highest BCUT2D eigenvalue weighted by molar-refractivity contribution is 7.10. The Kier molecular flexibility index (Phi) is 4.80. The van der Waals surface area contributed by atoms with Gasteiger partial charge in [-0.3, -0.25) is 4.79 Å². The molecule has 0 N–H and O–H groups in total. The molecule has 114 valence electrons. The summed E-state index contributed by atoms with van der Waals surface area (Å²) in [6.07, 6.45) is 6.94. The zero-order valence-electron chi connectivity index (χ0n) is 12.1. The molecular weight excluding hydrogens is 298 g/mol. The summed E-state index contributed by atoms with van der Waals surface area (Å²) in [6.45, 7) is 1.36. The van der Waals surface area contributed by atoms with E-state index in [-0.39, 0.29) is 12.0 Å². The van der Waals surface area contributed by atoms with Crippen LogP contribution in [0.25, 0.3) is 6.08 Å². The Bertz CT molecular complexity index is 628. The van der Waals surface area contributed by atoms with Crippen molar-refractivity contribution in [1.82, 2.24) is 15.1 Å². The summed E-state index contributed by atoms with van der Waals surface area (Å²) in [5, 5.41) is 9.72. The topological polar surface area (TPSA) is 55.3 Å². The van der Waals surface area contributed by atoms with Crippen LogP contribution in [0.1, 0.15) is 17.7 Å². The molecule has 0 bridgehead atoms. The van der Waals surface area contributed by atoms with E-state index in [1.54, 1.807) is 35.7 Å². The van der Waals surface area contributed by atoms with Crippen LogP contribution >= 0.6 is 11.3 Å². The number of likely N-dealkylation sites (tertiary alicyclic amines) is 1. The Morgan fingerprint density at radius 2 is 2.36 bits per heavy atom. The highest BCUT2D eigenvalue weighted by Crippen LogP contribution is 2.17. The minimum absolute atomic E-state index is 0.0236. The predicted molar refractivity (Wildman–Crippen MR) is 85.6 cm³/mol. The van der Waals surface area contributed by atoms with Crippen LogP contribution in [0.2, 0.25) is 0 Å². The third-order valence-electron chi connectivity index (χ3n) is 3.46. The molecule has 0 radical (unpaired) electrons. The van der Waals surface area contributed by atoms with Gasteiger partial charge in [0.25, 0.3) is 0 Å². The van der Waals surface area contributed by atoms with Gasteiger partial charge in [0.05, 0.1) is 6.54 Å². The maximum Gasteiger partial charge on any atom is 0.246 e. The fourth-order valence-corrected chi connectivity index (χ4v) is 3.02. The van der Waals surface area contributed by atoms with Crippen molar-refractivity contribution in [3.05, 3.63) is 46.8 Å². The summed E-state index contributed by atoms with van der Waals surface area (Å²) >= 11 is 1.62. The van der Waals surface area contributed by atoms with Gasteiger partial charge in [-0.15, -0.1) is 16.4 Å². The lowest BCUT2D eigenvalue weighted by Crippen LogP contribution is -2.43. The van der Waals surface area contributed by atoms with Gasteiger partial charge in [-0.1, -0.05) is 6.07 Å². The van der Waals surface area contributed by atoms with Gasteiger partial charge in [0.2, 0.25) is 11.8 Å². The van der Waals surface area contributed by atoms with Crippen LogP contribution in [0.3, 0.4) is 0 Å². The number of hydrogen-bond acceptors (Lipinski definition) is 5. The van der Waals surface area contributed by atoms with Gasteiger partial charge < -0.3 is 9.64 Å². The standard InChI is InChI=1S/C16H17N3O2S/c20-16(8-7-14-5-3-11-22-14)19-10-2-4-13(12-19)21-15-6-1-9-17-18-15/h1,3,5-9,11,13H,2,4,10,12H2/b8-7+. The van der Waals surface area contributed by atoms with Crippen molar-refractivity contribution >= 4 is 23.3 Å². The number of thiophene rings is 1. The van der Waals surface area contributed by atoms with Gasteiger partial charge in [-0.2, -0.15) is 5.10 Å². The number of carbonyl (C=O) groups excluding carboxylic acids is 1. The van der Waals surface area contributed by atoms with Crippen molar-refractivity contribution in [3.8, 4) is 5.88 Å². The van der Waals surface area contributed by atoms with Crippen molar-refractivity contribution in [2.75, 3.05) is 13.1 Å². The average molecular weight is 315 g/mol. The van der Waals surface area contributed by atoms with E-state index in [1.807, 2.05) is 28.5 Å². The molecule has 1 unspecified atom stereocenters. The van der Waals surface area contributed by atoms with E-state index in [9.17, 15) is 4.79 Å². The highest BCUT2D eigenvalue weighted by atomic mass is 32.1. The zero-order chi connectivity index (χ0) is 15.2. The number of aromatic nitrogens is 2. The van der Waals surface area contributed by atoms with Crippen LogP contribution in [-0.4, -0.2) is 40.2 Å². The third-order valence-corrected chi connectivity index (χ3v) is 4.30. The van der Waals surface area contributed by atoms with Crippen molar-refractivity contribution in [2.24, 2.45) is 0 Å². The molecule has 22 heavy (non-hydrogen) atoms. The fourth-order valence-electron chi connectivity index (χ4n) is 2.40. The summed E-state index contributed by atoms with van der Waals surface area (Å²) in [6, 6.07) is 7.54. The maximum absolute atomic E-state index is 12.3. The van der Waals surface area contributed by atoms with Gasteiger partial charge in [0.1, 0.15) is 6.10 Å². The fraction of sp³-hybridized carbons (Fsp3) is 0.312. The lowest BCUT2D eigenvalue weighted by Gasteiger charge is -2.31. The Hall–Kier alpha value is -2.21. The van der Waals surface area contributed by atoms with Gasteiger partial charge in [-0.25, -0.2) is 0 Å². The number of nitrogens with zero attached hydrogens (tertiary/aromatic N) is 3. The summed E-state index contributed by atoms with van der Waals surface area (Å²) in [4.78, 5) is 15.2. The molecule has 0 spiro atoms. The molecule has 2 aromatic rings. The molecular formula is C16H17N3O2S. The van der Waals surface area contributed by atoms with Crippen LogP contribution in [0.4, 0.5) is 0 Å². The second-order valence-corrected chi connectivity index (χ2v) is 6.06. The van der Waals surface area contributed by atoms with Gasteiger partial charge >= 0.3 is 0 Å². The van der Waals surface area contributed by atoms with Crippen molar-refractivity contribution in [1.29, 1.82) is 0 Å². The van der Waals surface area contributed by atoms with Crippen LogP contribution in [0.5, 0.6) is 5.88 Å². The first kappa shape index (κ1) is 14.7. The quantitative estimate of drug-likeness (QED) is 0.814. The zero-order valence-corrected chi connectivity index (χ0v) is 12.9. The van der Waals surface area contributed by atoms with E-state index in [4.69, 9.17) is 4.74 Å². The first-order valence-corrected chi connectivity index (χ1v) is 8.14. The van der Waals surface area contributed by atoms with E-state index in [0.717, 1.165) is 24.3 Å². The van der Waals surface area contributed by atoms with E-state index in [2.05, 4.69) is 10.2 Å². The molecule has 1 saturated heterocycles. The minimum atomic E-state index is -0.0236. The van der Waals surface area contributed by atoms with Crippen molar-refractivity contribution in [3.63, 3.8) is 0 Å². The number of piperidine rings is 1. The smallest absolute Gasteiger partial charge is 0.246 e. The van der Waals surface area contributed by atoms with Crippen LogP contribution in [0, 0.1) is 0 Å². The van der Waals surface area contributed by atoms with Crippen LogP contribution in [0.15, 0.2) is 41.9 Å². The Balaban J connectivity index is 1.57. The molecule has 6 heteroatoms. The number of rotatable bonds is 4. The van der Waals surface area contributed by atoms with Crippen LogP contribution < -0.4 is 4.74 Å². The molecule has 0 saturated carbocycles. The van der Waals surface area contributed by atoms with Gasteiger partial charge in [-0.05, 0) is 36.4 Å². The molecule has 3 rings (SSSR count). The second-order valence-electron chi connectivity index (χ2n) is 5.08.